The molecule has 21 heavy (non-hydrogen) atoms. The van der Waals surface area contributed by atoms with E-state index in [2.05, 4.69) is 46.8 Å². The van der Waals surface area contributed by atoms with Crippen molar-refractivity contribution in [2.45, 2.75) is 71.1 Å². The summed E-state index contributed by atoms with van der Waals surface area (Å²) >= 11 is 3.74. The zero-order valence-corrected chi connectivity index (χ0v) is 15.1. The van der Waals surface area contributed by atoms with E-state index in [4.69, 9.17) is 9.84 Å². The Morgan fingerprint density at radius 3 is 2.81 bits per heavy atom. The van der Waals surface area contributed by atoms with Crippen LogP contribution in [0.5, 0.6) is 0 Å². The second kappa shape index (κ2) is 8.30. The molecule has 0 spiro atoms. The van der Waals surface area contributed by atoms with Crippen molar-refractivity contribution in [3.63, 3.8) is 0 Å². The quantitative estimate of drug-likeness (QED) is 0.813. The molecule has 1 saturated heterocycles. The van der Waals surface area contributed by atoms with E-state index < -0.39 is 0 Å². The summed E-state index contributed by atoms with van der Waals surface area (Å²) in [5.41, 5.74) is 2.47. The topological polar surface area (TPSA) is 39.1 Å². The number of hydrogen-bond donors (Lipinski definition) is 1. The molecule has 1 N–H and O–H groups in total. The summed E-state index contributed by atoms with van der Waals surface area (Å²) in [6, 6.07) is 0.441. The van der Waals surface area contributed by atoms with Crippen molar-refractivity contribution < 1.29 is 4.74 Å². The molecule has 2 heterocycles. The fourth-order valence-corrected chi connectivity index (χ4v) is 3.79. The number of halogens is 1. The van der Waals surface area contributed by atoms with Gasteiger partial charge in [-0.05, 0) is 62.0 Å². The van der Waals surface area contributed by atoms with Gasteiger partial charge in [-0.15, -0.1) is 0 Å². The Labute approximate surface area is 136 Å². The van der Waals surface area contributed by atoms with Crippen molar-refractivity contribution in [3.05, 3.63) is 15.9 Å². The molecule has 1 aromatic heterocycles. The van der Waals surface area contributed by atoms with Gasteiger partial charge < -0.3 is 10.1 Å². The van der Waals surface area contributed by atoms with Gasteiger partial charge >= 0.3 is 0 Å². The molecule has 1 fully saturated rings. The van der Waals surface area contributed by atoms with Crippen LogP contribution in [0, 0.1) is 0 Å². The van der Waals surface area contributed by atoms with E-state index in [1.807, 2.05) is 0 Å². The third-order valence-electron chi connectivity index (χ3n) is 4.36. The zero-order chi connectivity index (χ0) is 15.2. The molecule has 2 atom stereocenters. The molecule has 5 heteroatoms. The molecule has 0 radical (unpaired) electrons. The molecule has 0 aliphatic carbocycles. The number of hydrogen-bond acceptors (Lipinski definition) is 3. The fraction of sp³-hybridized carbons (Fsp3) is 0.812. The second-order valence-corrected chi connectivity index (χ2v) is 6.58. The van der Waals surface area contributed by atoms with Gasteiger partial charge in [0.2, 0.25) is 0 Å². The fourth-order valence-electron chi connectivity index (χ4n) is 3.06. The molecular weight excluding hydrogens is 330 g/mol. The van der Waals surface area contributed by atoms with Gasteiger partial charge in [-0.3, -0.25) is 4.68 Å². The Morgan fingerprint density at radius 2 is 2.24 bits per heavy atom. The molecule has 120 valence electrons. The highest BCUT2D eigenvalue weighted by Gasteiger charge is 2.22. The molecular formula is C16H28BrN3O. The van der Waals surface area contributed by atoms with Gasteiger partial charge in [-0.25, -0.2) is 0 Å². The van der Waals surface area contributed by atoms with Crippen molar-refractivity contribution in [3.8, 4) is 0 Å². The van der Waals surface area contributed by atoms with Crippen molar-refractivity contribution in [2.75, 3.05) is 13.7 Å². The average Bonchev–Trinajstić information content (AvgIpc) is 2.83. The van der Waals surface area contributed by atoms with Crippen molar-refractivity contribution >= 4 is 15.9 Å². The van der Waals surface area contributed by atoms with E-state index in [9.17, 15) is 0 Å². The molecule has 0 saturated carbocycles. The maximum Gasteiger partial charge on any atom is 0.0766 e. The molecule has 2 rings (SSSR count). The number of nitrogens with one attached hydrogen (secondary N) is 1. The first kappa shape index (κ1) is 17.0. The van der Waals surface area contributed by atoms with Crippen molar-refractivity contribution in [1.82, 2.24) is 15.1 Å². The maximum atomic E-state index is 5.89. The van der Waals surface area contributed by atoms with Crippen LogP contribution in [0.15, 0.2) is 4.47 Å². The zero-order valence-electron chi connectivity index (χ0n) is 13.5. The highest BCUT2D eigenvalue weighted by molar-refractivity contribution is 9.10. The summed E-state index contributed by atoms with van der Waals surface area (Å²) < 4.78 is 9.21. The number of ether oxygens (including phenoxy) is 1. The number of aromatic nitrogens is 2. The van der Waals surface area contributed by atoms with Crippen LogP contribution in [-0.4, -0.2) is 35.6 Å². The highest BCUT2D eigenvalue weighted by atomic mass is 79.9. The Bertz CT molecular complexity index is 441. The summed E-state index contributed by atoms with van der Waals surface area (Å²) in [7, 11) is 2.05. The van der Waals surface area contributed by atoms with Crippen LogP contribution in [0.3, 0.4) is 0 Å². The lowest BCUT2D eigenvalue weighted by molar-refractivity contribution is 0.00557. The molecule has 0 bridgehead atoms. The minimum Gasteiger partial charge on any atom is -0.378 e. The Balaban J connectivity index is 2.05. The largest absolute Gasteiger partial charge is 0.378 e. The summed E-state index contributed by atoms with van der Waals surface area (Å²) in [6.45, 7) is 6.16. The first-order valence-electron chi connectivity index (χ1n) is 8.22. The van der Waals surface area contributed by atoms with Gasteiger partial charge in [0.05, 0.1) is 22.0 Å². The van der Waals surface area contributed by atoms with Crippen LogP contribution in [0.4, 0.5) is 0 Å². The second-order valence-electron chi connectivity index (χ2n) is 5.79. The number of nitrogens with zero attached hydrogens (tertiary/aromatic N) is 2. The monoisotopic (exact) mass is 357 g/mol. The molecule has 1 aliphatic heterocycles. The molecule has 2 unspecified atom stereocenters. The Hall–Kier alpha value is -0.390. The lowest BCUT2D eigenvalue weighted by atomic mass is 9.98. The van der Waals surface area contributed by atoms with E-state index in [0.29, 0.717) is 12.1 Å². The predicted octanol–water partition coefficient (Wildman–Crippen LogP) is 3.32. The van der Waals surface area contributed by atoms with E-state index >= 15 is 0 Å². The molecule has 1 aromatic rings. The van der Waals surface area contributed by atoms with Gasteiger partial charge in [-0.2, -0.15) is 5.10 Å². The normalized spacial score (nSPS) is 20.7. The third kappa shape index (κ3) is 4.30. The van der Waals surface area contributed by atoms with Gasteiger partial charge in [0, 0.05) is 25.6 Å². The highest BCUT2D eigenvalue weighted by Crippen LogP contribution is 2.25. The van der Waals surface area contributed by atoms with Gasteiger partial charge in [0.25, 0.3) is 0 Å². The standard InChI is InChI=1S/C16H28BrN3O/c1-4-14-16(17)15(20(5-2)19-14)11-12(18-3)10-13-8-6-7-9-21-13/h12-13,18H,4-11H2,1-3H3. The first-order valence-corrected chi connectivity index (χ1v) is 9.01. The van der Waals surface area contributed by atoms with Crippen LogP contribution in [-0.2, 0) is 24.1 Å². The Morgan fingerprint density at radius 1 is 1.43 bits per heavy atom. The smallest absolute Gasteiger partial charge is 0.0766 e. The van der Waals surface area contributed by atoms with E-state index in [-0.39, 0.29) is 0 Å². The molecule has 4 nitrogen and oxygen atoms in total. The summed E-state index contributed by atoms with van der Waals surface area (Å²) in [5, 5.41) is 8.15. The number of rotatable bonds is 7. The number of likely N-dealkylation sites (N-methyl/N-ethyl adjacent to an activating group) is 1. The van der Waals surface area contributed by atoms with Gasteiger partial charge in [0.1, 0.15) is 0 Å². The van der Waals surface area contributed by atoms with E-state index in [1.165, 1.54) is 29.4 Å². The van der Waals surface area contributed by atoms with Crippen LogP contribution in [0.25, 0.3) is 0 Å². The minimum absolute atomic E-state index is 0.415. The van der Waals surface area contributed by atoms with Crippen LogP contribution in [0.2, 0.25) is 0 Å². The van der Waals surface area contributed by atoms with Crippen molar-refractivity contribution in [1.29, 1.82) is 0 Å². The lowest BCUT2D eigenvalue weighted by Crippen LogP contribution is -2.34. The first-order chi connectivity index (χ1) is 10.2. The summed E-state index contributed by atoms with van der Waals surface area (Å²) in [4.78, 5) is 0. The minimum atomic E-state index is 0.415. The van der Waals surface area contributed by atoms with Crippen LogP contribution >= 0.6 is 15.9 Å². The average molecular weight is 358 g/mol. The van der Waals surface area contributed by atoms with Crippen LogP contribution < -0.4 is 5.32 Å². The third-order valence-corrected chi connectivity index (χ3v) is 5.28. The van der Waals surface area contributed by atoms with Gasteiger partial charge in [0.15, 0.2) is 0 Å². The summed E-state index contributed by atoms with van der Waals surface area (Å²) in [6.07, 6.45) is 7.19. The Kier molecular flexibility index (Phi) is 6.71. The van der Waals surface area contributed by atoms with Crippen molar-refractivity contribution in [2.24, 2.45) is 0 Å². The maximum absolute atomic E-state index is 5.89. The predicted molar refractivity (Wildman–Crippen MR) is 89.7 cm³/mol. The van der Waals surface area contributed by atoms with E-state index in [0.717, 1.165) is 38.1 Å². The van der Waals surface area contributed by atoms with E-state index in [1.54, 1.807) is 0 Å². The summed E-state index contributed by atoms with van der Waals surface area (Å²) in [5.74, 6) is 0. The molecule has 0 aromatic carbocycles. The van der Waals surface area contributed by atoms with Gasteiger partial charge in [-0.1, -0.05) is 6.92 Å². The molecule has 0 amide bonds. The van der Waals surface area contributed by atoms with Crippen LogP contribution in [0.1, 0.15) is 50.9 Å². The number of aryl methyl sites for hydroxylation is 2. The SMILES string of the molecule is CCc1nn(CC)c(CC(CC2CCCCO2)NC)c1Br. The lowest BCUT2D eigenvalue weighted by Gasteiger charge is -2.27. The molecule has 1 aliphatic rings.